The molecule has 1 aromatic rings. The molecule has 0 aliphatic rings. The molecular weight excluding hydrogens is 198 g/mol. The maximum Gasteiger partial charge on any atom is 0.168 e. The summed E-state index contributed by atoms with van der Waals surface area (Å²) in [6, 6.07) is 3.36. The van der Waals surface area contributed by atoms with Crippen molar-refractivity contribution in [3.8, 4) is 12.3 Å². The minimum Gasteiger partial charge on any atom is -0.294 e. The van der Waals surface area contributed by atoms with Crippen LogP contribution in [0.2, 0.25) is 0 Å². The molecule has 0 bridgehead atoms. The second-order valence-corrected chi connectivity index (χ2v) is 3.08. The second-order valence-electron chi connectivity index (χ2n) is 3.08. The highest BCUT2D eigenvalue weighted by atomic mass is 19.1. The van der Waals surface area contributed by atoms with Gasteiger partial charge in [0.25, 0.3) is 0 Å². The van der Waals surface area contributed by atoms with Gasteiger partial charge in [0.05, 0.1) is 5.56 Å². The molecule has 78 valence electrons. The zero-order valence-corrected chi connectivity index (χ0v) is 8.09. The Balaban J connectivity index is 2.78. The van der Waals surface area contributed by atoms with E-state index in [9.17, 15) is 13.6 Å². The van der Waals surface area contributed by atoms with Crippen LogP contribution in [-0.2, 0) is 0 Å². The molecule has 1 aromatic carbocycles. The summed E-state index contributed by atoms with van der Waals surface area (Å²) in [4.78, 5) is 11.4. The van der Waals surface area contributed by atoms with Crippen molar-refractivity contribution in [1.82, 2.24) is 0 Å². The number of benzene rings is 1. The Morgan fingerprint density at radius 3 is 2.47 bits per heavy atom. The van der Waals surface area contributed by atoms with E-state index in [-0.39, 0.29) is 6.42 Å². The van der Waals surface area contributed by atoms with Crippen molar-refractivity contribution in [1.29, 1.82) is 0 Å². The molecule has 0 unspecified atom stereocenters. The molecule has 3 heteroatoms. The van der Waals surface area contributed by atoms with Gasteiger partial charge < -0.3 is 0 Å². The summed E-state index contributed by atoms with van der Waals surface area (Å²) in [5.74, 6) is 0.186. The maximum absolute atomic E-state index is 13.1. The number of carbonyl (C=O) groups is 1. The number of hydrogen-bond acceptors (Lipinski definition) is 1. The van der Waals surface area contributed by atoms with Crippen molar-refractivity contribution in [3.63, 3.8) is 0 Å². The van der Waals surface area contributed by atoms with E-state index < -0.39 is 23.0 Å². The van der Waals surface area contributed by atoms with Gasteiger partial charge in [-0.15, -0.1) is 12.3 Å². The zero-order valence-electron chi connectivity index (χ0n) is 8.09. The Morgan fingerprint density at radius 1 is 1.33 bits per heavy atom. The van der Waals surface area contributed by atoms with Gasteiger partial charge in [-0.2, -0.15) is 0 Å². The highest BCUT2D eigenvalue weighted by Gasteiger charge is 2.15. The summed E-state index contributed by atoms with van der Waals surface area (Å²) >= 11 is 0. The molecule has 0 atom stereocenters. The molecule has 1 nitrogen and oxygen atoms in total. The van der Waals surface area contributed by atoms with Crippen molar-refractivity contribution in [3.05, 3.63) is 35.4 Å². The van der Waals surface area contributed by atoms with Crippen LogP contribution in [0.3, 0.4) is 0 Å². The molecular formula is C12H10F2O. The number of terminal acetylenes is 1. The fourth-order valence-electron chi connectivity index (χ4n) is 1.24. The molecule has 0 spiro atoms. The lowest BCUT2D eigenvalue weighted by Gasteiger charge is -2.02. The first-order chi connectivity index (χ1) is 7.16. The molecule has 0 N–H and O–H groups in total. The highest BCUT2D eigenvalue weighted by Crippen LogP contribution is 2.15. The number of Topliss-reactive ketones (excluding diaryl/α,β-unsaturated/α-hetero) is 1. The van der Waals surface area contributed by atoms with Gasteiger partial charge in [0, 0.05) is 12.8 Å². The first-order valence-corrected chi connectivity index (χ1v) is 4.57. The van der Waals surface area contributed by atoms with Gasteiger partial charge in [0.15, 0.2) is 5.78 Å². The van der Waals surface area contributed by atoms with E-state index in [1.165, 1.54) is 6.07 Å². The molecule has 15 heavy (non-hydrogen) atoms. The number of rotatable bonds is 4. The first-order valence-electron chi connectivity index (χ1n) is 4.57. The van der Waals surface area contributed by atoms with Gasteiger partial charge >= 0.3 is 0 Å². The number of carbonyl (C=O) groups excluding carboxylic acids is 1. The SMILES string of the molecule is C#CCCCC(=O)c1c(F)cccc1F. The minimum atomic E-state index is -0.819. The summed E-state index contributed by atoms with van der Waals surface area (Å²) in [7, 11) is 0. The normalized spacial score (nSPS) is 9.67. The van der Waals surface area contributed by atoms with Crippen LogP contribution in [-0.4, -0.2) is 5.78 Å². The van der Waals surface area contributed by atoms with Crippen LogP contribution < -0.4 is 0 Å². The van der Waals surface area contributed by atoms with E-state index in [0.29, 0.717) is 12.8 Å². The van der Waals surface area contributed by atoms with E-state index in [2.05, 4.69) is 5.92 Å². The molecule has 0 fully saturated rings. The predicted molar refractivity (Wildman–Crippen MR) is 53.4 cm³/mol. The van der Waals surface area contributed by atoms with Crippen molar-refractivity contribution < 1.29 is 13.6 Å². The van der Waals surface area contributed by atoms with Crippen LogP contribution in [0, 0.1) is 24.0 Å². The maximum atomic E-state index is 13.1. The second kappa shape index (κ2) is 5.26. The largest absolute Gasteiger partial charge is 0.294 e. The van der Waals surface area contributed by atoms with Crippen LogP contribution in [0.4, 0.5) is 8.78 Å². The van der Waals surface area contributed by atoms with Gasteiger partial charge in [0.2, 0.25) is 0 Å². The van der Waals surface area contributed by atoms with Gasteiger partial charge in [0.1, 0.15) is 11.6 Å². The van der Waals surface area contributed by atoms with Crippen molar-refractivity contribution in [2.24, 2.45) is 0 Å². The minimum absolute atomic E-state index is 0.0715. The molecule has 0 aromatic heterocycles. The average Bonchev–Trinajstić information content (AvgIpc) is 2.18. The van der Waals surface area contributed by atoms with E-state index >= 15 is 0 Å². The third-order valence-corrected chi connectivity index (χ3v) is 1.97. The molecule has 0 heterocycles. The Kier molecular flexibility index (Phi) is 3.99. The van der Waals surface area contributed by atoms with Crippen LogP contribution >= 0.6 is 0 Å². The van der Waals surface area contributed by atoms with Crippen molar-refractivity contribution in [2.75, 3.05) is 0 Å². The molecule has 0 amide bonds. The van der Waals surface area contributed by atoms with Gasteiger partial charge in [-0.1, -0.05) is 6.07 Å². The highest BCUT2D eigenvalue weighted by molar-refractivity contribution is 5.96. The fraction of sp³-hybridized carbons (Fsp3) is 0.250. The summed E-state index contributed by atoms with van der Waals surface area (Å²) in [5.41, 5.74) is -0.463. The monoisotopic (exact) mass is 208 g/mol. The average molecular weight is 208 g/mol. The quantitative estimate of drug-likeness (QED) is 0.422. The van der Waals surface area contributed by atoms with Crippen LogP contribution in [0.25, 0.3) is 0 Å². The fourth-order valence-corrected chi connectivity index (χ4v) is 1.24. The number of unbranched alkanes of at least 4 members (excludes halogenated alkanes) is 1. The molecule has 1 rings (SSSR count). The smallest absolute Gasteiger partial charge is 0.168 e. The molecule has 0 saturated carbocycles. The number of hydrogen-bond donors (Lipinski definition) is 0. The Labute approximate surface area is 87.1 Å². The molecule has 0 aliphatic heterocycles. The zero-order chi connectivity index (χ0) is 11.3. The summed E-state index contributed by atoms with van der Waals surface area (Å²) in [5, 5.41) is 0. The standard InChI is InChI=1S/C12H10F2O/c1-2-3-4-8-11(15)12-9(13)6-5-7-10(12)14/h1,5-7H,3-4,8H2. The topological polar surface area (TPSA) is 17.1 Å². The predicted octanol–water partition coefficient (Wildman–Crippen LogP) is 2.95. The molecule has 0 saturated heterocycles. The third kappa shape index (κ3) is 2.88. The Hall–Kier alpha value is -1.69. The summed E-state index contributed by atoms with van der Waals surface area (Å²) < 4.78 is 26.2. The molecule has 0 radical (unpaired) electrons. The van der Waals surface area contributed by atoms with Gasteiger partial charge in [-0.05, 0) is 18.6 Å². The van der Waals surface area contributed by atoms with Crippen molar-refractivity contribution in [2.45, 2.75) is 19.3 Å². The Bertz CT molecular complexity index is 384. The van der Waals surface area contributed by atoms with E-state index in [1.807, 2.05) is 0 Å². The molecule has 0 aliphatic carbocycles. The van der Waals surface area contributed by atoms with Gasteiger partial charge in [-0.3, -0.25) is 4.79 Å². The van der Waals surface area contributed by atoms with Crippen molar-refractivity contribution >= 4 is 5.78 Å². The lowest BCUT2D eigenvalue weighted by atomic mass is 10.0. The van der Waals surface area contributed by atoms with Gasteiger partial charge in [-0.25, -0.2) is 8.78 Å². The summed E-state index contributed by atoms with van der Waals surface area (Å²) in [6.07, 6.45) is 5.96. The first kappa shape index (κ1) is 11.4. The third-order valence-electron chi connectivity index (χ3n) is 1.97. The number of ketones is 1. The lowest BCUT2D eigenvalue weighted by Crippen LogP contribution is -2.05. The van der Waals surface area contributed by atoms with Crippen LogP contribution in [0.5, 0.6) is 0 Å². The Morgan fingerprint density at radius 2 is 1.93 bits per heavy atom. The summed E-state index contributed by atoms with van der Waals surface area (Å²) in [6.45, 7) is 0. The van der Waals surface area contributed by atoms with E-state index in [0.717, 1.165) is 12.1 Å². The van der Waals surface area contributed by atoms with Crippen LogP contribution in [0.1, 0.15) is 29.6 Å². The number of halogens is 2. The lowest BCUT2D eigenvalue weighted by molar-refractivity contribution is 0.0972. The van der Waals surface area contributed by atoms with Crippen LogP contribution in [0.15, 0.2) is 18.2 Å². The van der Waals surface area contributed by atoms with E-state index in [4.69, 9.17) is 6.42 Å². The van der Waals surface area contributed by atoms with E-state index in [1.54, 1.807) is 0 Å².